The normalized spacial score (nSPS) is 11.6. The van der Waals surface area contributed by atoms with E-state index in [-0.39, 0.29) is 5.78 Å². The van der Waals surface area contributed by atoms with Crippen LogP contribution in [0, 0.1) is 0 Å². The van der Waals surface area contributed by atoms with Gasteiger partial charge in [0, 0.05) is 13.1 Å². The summed E-state index contributed by atoms with van der Waals surface area (Å²) in [5.74, 6) is -0.105. The predicted octanol–water partition coefficient (Wildman–Crippen LogP) is 3.02. The lowest BCUT2D eigenvalue weighted by Gasteiger charge is -2.19. The van der Waals surface area contributed by atoms with Crippen molar-refractivity contribution in [3.63, 3.8) is 0 Å². The molecule has 5 nitrogen and oxygen atoms in total. The van der Waals surface area contributed by atoms with Crippen LogP contribution < -0.4 is 0 Å². The third-order valence-corrected chi connectivity index (χ3v) is 2.49. The average molecular weight is 260 g/mol. The summed E-state index contributed by atoms with van der Waals surface area (Å²) in [6.07, 6.45) is 1.13. The van der Waals surface area contributed by atoms with Gasteiger partial charge in [-0.15, -0.1) is 0 Å². The minimum atomic E-state index is -0.555. The number of ether oxygens (including phenoxy) is 1. The van der Waals surface area contributed by atoms with E-state index in [1.54, 1.807) is 24.4 Å². The first-order chi connectivity index (χ1) is 8.78. The molecule has 0 fully saturated rings. The Hall–Kier alpha value is -2.17. The van der Waals surface area contributed by atoms with E-state index >= 15 is 0 Å². The fraction of sp³-hybridized carbons (Fsp3) is 0.357. The number of nitrogens with zero attached hydrogens (tertiary/aromatic N) is 2. The Morgan fingerprint density at radius 3 is 2.47 bits per heavy atom. The van der Waals surface area contributed by atoms with Crippen molar-refractivity contribution in [2.24, 2.45) is 0 Å². The second-order valence-electron chi connectivity index (χ2n) is 5.32. The molecule has 19 heavy (non-hydrogen) atoms. The Kier molecular flexibility index (Phi) is 3.14. The van der Waals surface area contributed by atoms with E-state index in [4.69, 9.17) is 4.74 Å². The second kappa shape index (κ2) is 4.50. The van der Waals surface area contributed by atoms with Crippen molar-refractivity contribution < 1.29 is 14.3 Å². The topological polar surface area (TPSA) is 61.2 Å². The fourth-order valence-corrected chi connectivity index (χ4v) is 1.69. The lowest BCUT2D eigenvalue weighted by atomic mass is 10.2. The number of hydrogen-bond donors (Lipinski definition) is 0. The molecule has 0 unspecified atom stereocenters. The first-order valence-corrected chi connectivity index (χ1v) is 6.00. The molecule has 0 saturated carbocycles. The summed E-state index contributed by atoms with van der Waals surface area (Å²) in [4.78, 5) is 27.5. The number of hydrogen-bond acceptors (Lipinski definition) is 4. The molecule has 0 saturated heterocycles. The van der Waals surface area contributed by atoms with Crippen LogP contribution in [0.3, 0.4) is 0 Å². The summed E-state index contributed by atoms with van der Waals surface area (Å²) in [7, 11) is 0. The van der Waals surface area contributed by atoms with Gasteiger partial charge in [0.25, 0.3) is 0 Å². The van der Waals surface area contributed by atoms with Gasteiger partial charge >= 0.3 is 6.09 Å². The van der Waals surface area contributed by atoms with Gasteiger partial charge in [-0.3, -0.25) is 9.36 Å². The highest BCUT2D eigenvalue weighted by Crippen LogP contribution is 2.17. The van der Waals surface area contributed by atoms with Crippen LogP contribution in [0.1, 0.15) is 38.2 Å². The molecule has 0 aromatic carbocycles. The zero-order chi connectivity index (χ0) is 14.2. The first kappa shape index (κ1) is 13.3. The maximum absolute atomic E-state index is 12.0. The maximum Gasteiger partial charge on any atom is 0.419 e. The summed E-state index contributed by atoms with van der Waals surface area (Å²) in [5, 5.41) is 0. The molecule has 2 aromatic rings. The highest BCUT2D eigenvalue weighted by atomic mass is 16.6. The van der Waals surface area contributed by atoms with Crippen LogP contribution in [-0.4, -0.2) is 27.0 Å². The molecular weight excluding hydrogens is 244 g/mol. The van der Waals surface area contributed by atoms with E-state index in [9.17, 15) is 9.59 Å². The smallest absolute Gasteiger partial charge is 0.419 e. The number of fused-ring (bicyclic) bond motifs is 1. The molecule has 5 heteroatoms. The van der Waals surface area contributed by atoms with Crippen LogP contribution in [0.15, 0.2) is 24.4 Å². The highest BCUT2D eigenvalue weighted by molar-refractivity contribution is 5.95. The standard InChI is InChI=1S/C14H16N2O3/c1-9(17)10-5-6-12-11(15-10)7-8-16(12)13(18)19-14(2,3)4/h5-8H,1-4H3. The van der Waals surface area contributed by atoms with E-state index in [1.165, 1.54) is 11.5 Å². The molecule has 0 aliphatic heterocycles. The second-order valence-corrected chi connectivity index (χ2v) is 5.32. The minimum absolute atomic E-state index is 0.105. The molecule has 0 spiro atoms. The van der Waals surface area contributed by atoms with Crippen LogP contribution in [-0.2, 0) is 4.74 Å². The zero-order valence-corrected chi connectivity index (χ0v) is 11.4. The third-order valence-electron chi connectivity index (χ3n) is 2.49. The summed E-state index contributed by atoms with van der Waals surface area (Å²) in [6, 6.07) is 4.99. The SMILES string of the molecule is CC(=O)c1ccc2c(ccn2C(=O)OC(C)(C)C)n1. The number of ketones is 1. The molecule has 0 aliphatic rings. The molecule has 0 amide bonds. The summed E-state index contributed by atoms with van der Waals surface area (Å²) < 4.78 is 6.68. The number of Topliss-reactive ketones (excluding diaryl/α,β-unsaturated/α-hetero) is 1. The molecule has 0 radical (unpaired) electrons. The molecule has 2 aromatic heterocycles. The van der Waals surface area contributed by atoms with Gasteiger partial charge in [0.1, 0.15) is 11.3 Å². The lowest BCUT2D eigenvalue weighted by molar-refractivity contribution is 0.0544. The summed E-state index contributed by atoms with van der Waals surface area (Å²) >= 11 is 0. The number of aromatic nitrogens is 2. The quantitative estimate of drug-likeness (QED) is 0.739. The van der Waals surface area contributed by atoms with Crippen molar-refractivity contribution in [3.8, 4) is 0 Å². The van der Waals surface area contributed by atoms with Gasteiger partial charge in [0.05, 0.1) is 11.0 Å². The largest absolute Gasteiger partial charge is 0.443 e. The van der Waals surface area contributed by atoms with Gasteiger partial charge in [-0.1, -0.05) is 0 Å². The Bertz CT molecular complexity index is 650. The van der Waals surface area contributed by atoms with Gasteiger partial charge in [0.15, 0.2) is 5.78 Å². The van der Waals surface area contributed by atoms with E-state index in [1.807, 2.05) is 20.8 Å². The summed E-state index contributed by atoms with van der Waals surface area (Å²) in [6.45, 7) is 6.88. The molecule has 0 aliphatic carbocycles. The molecular formula is C14H16N2O3. The molecule has 0 N–H and O–H groups in total. The van der Waals surface area contributed by atoms with E-state index < -0.39 is 11.7 Å². The van der Waals surface area contributed by atoms with Crippen molar-refractivity contribution in [2.45, 2.75) is 33.3 Å². The Labute approximate surface area is 111 Å². The molecule has 0 bridgehead atoms. The van der Waals surface area contributed by atoms with E-state index in [0.717, 1.165) is 0 Å². The predicted molar refractivity (Wildman–Crippen MR) is 71.4 cm³/mol. The van der Waals surface area contributed by atoms with Gasteiger partial charge in [-0.05, 0) is 39.0 Å². The lowest BCUT2D eigenvalue weighted by Crippen LogP contribution is -2.26. The zero-order valence-electron chi connectivity index (χ0n) is 11.4. The number of pyridine rings is 1. The Morgan fingerprint density at radius 1 is 1.21 bits per heavy atom. The molecule has 0 atom stereocenters. The van der Waals surface area contributed by atoms with Crippen LogP contribution >= 0.6 is 0 Å². The maximum atomic E-state index is 12.0. The molecule has 2 rings (SSSR count). The van der Waals surface area contributed by atoms with Gasteiger partial charge < -0.3 is 4.74 Å². The van der Waals surface area contributed by atoms with Gasteiger partial charge in [-0.25, -0.2) is 9.78 Å². The highest BCUT2D eigenvalue weighted by Gasteiger charge is 2.19. The number of carbonyl (C=O) groups is 2. The van der Waals surface area contributed by atoms with Gasteiger partial charge in [0.2, 0.25) is 0 Å². The van der Waals surface area contributed by atoms with Gasteiger partial charge in [-0.2, -0.15) is 0 Å². The number of rotatable bonds is 1. The monoisotopic (exact) mass is 260 g/mol. The fourth-order valence-electron chi connectivity index (χ4n) is 1.69. The van der Waals surface area contributed by atoms with Crippen molar-refractivity contribution in [3.05, 3.63) is 30.1 Å². The number of carbonyl (C=O) groups excluding carboxylic acids is 2. The van der Waals surface area contributed by atoms with Crippen LogP contribution in [0.25, 0.3) is 11.0 Å². The molecule has 100 valence electrons. The van der Waals surface area contributed by atoms with Crippen molar-refractivity contribution in [2.75, 3.05) is 0 Å². The first-order valence-electron chi connectivity index (χ1n) is 6.00. The third kappa shape index (κ3) is 2.81. The Balaban J connectivity index is 2.41. The molecule has 2 heterocycles. The van der Waals surface area contributed by atoms with Crippen LogP contribution in [0.5, 0.6) is 0 Å². The van der Waals surface area contributed by atoms with E-state index in [0.29, 0.717) is 16.7 Å². The van der Waals surface area contributed by atoms with Crippen LogP contribution in [0.4, 0.5) is 4.79 Å². The van der Waals surface area contributed by atoms with Crippen molar-refractivity contribution in [1.82, 2.24) is 9.55 Å². The minimum Gasteiger partial charge on any atom is -0.443 e. The Morgan fingerprint density at radius 2 is 1.89 bits per heavy atom. The summed E-state index contributed by atoms with van der Waals surface area (Å²) in [5.41, 5.74) is 1.05. The average Bonchev–Trinajstić information content (AvgIpc) is 2.68. The van der Waals surface area contributed by atoms with Crippen molar-refractivity contribution in [1.29, 1.82) is 0 Å². The van der Waals surface area contributed by atoms with E-state index in [2.05, 4.69) is 4.98 Å². The van der Waals surface area contributed by atoms with Crippen molar-refractivity contribution >= 4 is 22.9 Å². The van der Waals surface area contributed by atoms with Crippen LogP contribution in [0.2, 0.25) is 0 Å².